The molecule has 0 spiro atoms. The number of carbonyl (C=O) groups excluding carboxylic acids is 6. The van der Waals surface area contributed by atoms with E-state index in [2.05, 4.69) is 41.8 Å². The number of likely N-dealkylation sites (tertiary alicyclic amines) is 2. The van der Waals surface area contributed by atoms with Gasteiger partial charge in [-0.2, -0.15) is 4.68 Å². The first-order valence-corrected chi connectivity index (χ1v) is 19.9. The molecule has 4 heterocycles. The first-order valence-electron chi connectivity index (χ1n) is 19.5. The van der Waals surface area contributed by atoms with Crippen LogP contribution in [0.3, 0.4) is 0 Å². The molecule has 7 rings (SSSR count). The van der Waals surface area contributed by atoms with Gasteiger partial charge in [0.1, 0.15) is 23.7 Å². The number of nitrogens with zero attached hydrogens (tertiary/aromatic N) is 6. The summed E-state index contributed by atoms with van der Waals surface area (Å²) in [5, 5.41) is 32.2. The SMILES string of the molecule is CC(C)(C)OC(=O)c1cc2cc(NC(=O)[C@H](Cc3ccc(NC(=O)N4CCC(C(=O)N5CC(O)C5)CC4)cc3)NC(=O)C(=O)Nc3cc(Cl)ccc3-n3cnnn3)ccc2[nH]1. The molecule has 3 aromatic carbocycles. The number of aromatic amines is 1. The Bertz CT molecular complexity index is 2450. The quantitative estimate of drug-likeness (QED) is 0.0877. The molecule has 0 radical (unpaired) electrons. The van der Waals surface area contributed by atoms with Crippen LogP contribution < -0.4 is 21.3 Å². The van der Waals surface area contributed by atoms with E-state index in [1.165, 1.54) is 17.1 Å². The van der Waals surface area contributed by atoms with Gasteiger partial charge in [0.2, 0.25) is 11.8 Å². The van der Waals surface area contributed by atoms with Crippen LogP contribution in [0.2, 0.25) is 5.02 Å². The number of aliphatic hydroxyl groups is 1. The highest BCUT2D eigenvalue weighted by molar-refractivity contribution is 6.40. The smallest absolute Gasteiger partial charge is 0.355 e. The van der Waals surface area contributed by atoms with E-state index in [-0.39, 0.29) is 40.7 Å². The van der Waals surface area contributed by atoms with Gasteiger partial charge >= 0.3 is 23.8 Å². The van der Waals surface area contributed by atoms with Crippen LogP contribution in [0.5, 0.6) is 0 Å². The van der Waals surface area contributed by atoms with E-state index in [1.54, 1.807) is 91.2 Å². The van der Waals surface area contributed by atoms with Crippen molar-refractivity contribution in [2.24, 2.45) is 5.92 Å². The van der Waals surface area contributed by atoms with E-state index in [4.69, 9.17) is 16.3 Å². The summed E-state index contributed by atoms with van der Waals surface area (Å²) in [5.74, 6) is -3.58. The molecule has 19 nitrogen and oxygen atoms in total. The lowest BCUT2D eigenvalue weighted by Crippen LogP contribution is -2.56. The second-order valence-corrected chi connectivity index (χ2v) is 16.3. The molecule has 6 N–H and O–H groups in total. The van der Waals surface area contributed by atoms with Gasteiger partial charge in [-0.25, -0.2) is 9.59 Å². The summed E-state index contributed by atoms with van der Waals surface area (Å²) in [6.07, 6.45) is 1.82. The number of esters is 1. The molecule has 2 saturated heterocycles. The lowest BCUT2D eigenvalue weighted by molar-refractivity contribution is -0.147. The first kappa shape index (κ1) is 42.3. The molecule has 318 valence electrons. The molecule has 6 amide bonds. The molecular formula is C41H44ClN11O8. The summed E-state index contributed by atoms with van der Waals surface area (Å²) in [6.45, 7) is 6.79. The second kappa shape index (κ2) is 17.8. The fourth-order valence-corrected chi connectivity index (χ4v) is 7.13. The van der Waals surface area contributed by atoms with E-state index < -0.39 is 41.4 Å². The molecular weight excluding hydrogens is 810 g/mol. The Kier molecular flexibility index (Phi) is 12.3. The average molecular weight is 854 g/mol. The van der Waals surface area contributed by atoms with Gasteiger partial charge in [0.05, 0.1) is 17.5 Å². The lowest BCUT2D eigenvalue weighted by Gasteiger charge is -2.40. The fourth-order valence-electron chi connectivity index (χ4n) is 6.96. The maximum absolute atomic E-state index is 13.9. The maximum Gasteiger partial charge on any atom is 0.355 e. The van der Waals surface area contributed by atoms with Gasteiger partial charge in [-0.05, 0) is 104 Å². The molecule has 5 aromatic rings. The van der Waals surface area contributed by atoms with Crippen molar-refractivity contribution >= 4 is 75.2 Å². The number of rotatable bonds is 10. The normalized spacial score (nSPS) is 15.1. The van der Waals surface area contributed by atoms with Crippen LogP contribution in [-0.4, -0.2) is 120 Å². The topological polar surface area (TPSA) is 246 Å². The number of halogens is 1. The van der Waals surface area contributed by atoms with Crippen molar-refractivity contribution in [2.45, 2.75) is 57.8 Å². The molecule has 0 aliphatic carbocycles. The number of aromatic nitrogens is 5. The van der Waals surface area contributed by atoms with Crippen molar-refractivity contribution in [3.8, 4) is 5.69 Å². The van der Waals surface area contributed by atoms with Crippen molar-refractivity contribution in [3.63, 3.8) is 0 Å². The molecule has 0 unspecified atom stereocenters. The van der Waals surface area contributed by atoms with Crippen LogP contribution in [0.15, 0.2) is 73.1 Å². The highest BCUT2D eigenvalue weighted by atomic mass is 35.5. The van der Waals surface area contributed by atoms with Gasteiger partial charge in [-0.15, -0.1) is 5.10 Å². The lowest BCUT2D eigenvalue weighted by atomic mass is 9.94. The van der Waals surface area contributed by atoms with Crippen molar-refractivity contribution in [3.05, 3.63) is 89.3 Å². The molecule has 0 saturated carbocycles. The second-order valence-electron chi connectivity index (χ2n) is 15.9. The third-order valence-electron chi connectivity index (χ3n) is 10.1. The summed E-state index contributed by atoms with van der Waals surface area (Å²) in [4.78, 5) is 85.5. The zero-order valence-electron chi connectivity index (χ0n) is 33.5. The average Bonchev–Trinajstić information content (AvgIpc) is 3.90. The number of anilines is 3. The Hall–Kier alpha value is -6.86. The Balaban J connectivity index is 1.03. The van der Waals surface area contributed by atoms with Gasteiger partial charge in [0, 0.05) is 65.8 Å². The predicted octanol–water partition coefficient (Wildman–Crippen LogP) is 3.50. The highest BCUT2D eigenvalue weighted by Crippen LogP contribution is 2.26. The van der Waals surface area contributed by atoms with E-state index in [9.17, 15) is 33.9 Å². The predicted molar refractivity (Wildman–Crippen MR) is 223 cm³/mol. The van der Waals surface area contributed by atoms with Crippen LogP contribution in [0.1, 0.15) is 49.7 Å². The number of amides is 6. The van der Waals surface area contributed by atoms with Crippen molar-refractivity contribution in [2.75, 3.05) is 42.1 Å². The zero-order chi connectivity index (χ0) is 43.4. The Labute approximate surface area is 354 Å². The third kappa shape index (κ3) is 10.5. The van der Waals surface area contributed by atoms with Crippen molar-refractivity contribution < 1.29 is 38.6 Å². The standard InChI is InChI=1S/C41H44ClN11O8/c1-41(2,3)61-39(59)33-18-25-17-28(9-10-30(25)46-33)44-35(55)32(48-37(57)36(56)47-31-19-26(42)6-11-34(31)53-22-43-49-50-53)16-23-4-7-27(8-5-23)45-40(60)51-14-12-24(13-15-51)38(58)52-20-29(54)21-52/h4-11,17-19,22,24,29,32,46,54H,12-16,20-21H2,1-3H3,(H,44,55)(H,45,60)(H,47,56)(H,48,57)/t32-/m0/s1. The molecule has 0 bridgehead atoms. The van der Waals surface area contributed by atoms with E-state index >= 15 is 0 Å². The van der Waals surface area contributed by atoms with E-state index in [0.29, 0.717) is 72.5 Å². The summed E-state index contributed by atoms with van der Waals surface area (Å²) in [7, 11) is 0. The number of H-pyrrole nitrogens is 1. The number of tetrazole rings is 1. The number of hydrogen-bond donors (Lipinski definition) is 6. The largest absolute Gasteiger partial charge is 0.455 e. The minimum absolute atomic E-state index is 0.0107. The summed E-state index contributed by atoms with van der Waals surface area (Å²) in [5.41, 5.74) is 2.04. The van der Waals surface area contributed by atoms with Crippen LogP contribution in [0, 0.1) is 5.92 Å². The number of ether oxygens (including phenoxy) is 1. The van der Waals surface area contributed by atoms with Gasteiger partial charge in [-0.1, -0.05) is 23.7 Å². The number of fused-ring (bicyclic) bond motifs is 1. The van der Waals surface area contributed by atoms with Gasteiger partial charge in [-0.3, -0.25) is 19.2 Å². The number of carbonyl (C=O) groups is 6. The van der Waals surface area contributed by atoms with Crippen molar-refractivity contribution in [1.82, 2.24) is 40.3 Å². The van der Waals surface area contributed by atoms with Crippen molar-refractivity contribution in [1.29, 1.82) is 0 Å². The minimum Gasteiger partial charge on any atom is -0.455 e. The number of β-amino-alcohol motifs (C(OH)–C–C–N with tert-alkyl or cyclic N) is 1. The number of urea groups is 1. The summed E-state index contributed by atoms with van der Waals surface area (Å²) >= 11 is 6.19. The Morgan fingerprint density at radius 2 is 1.61 bits per heavy atom. The fraction of sp³-hybridized carbons (Fsp3) is 0.341. The molecule has 2 aliphatic heterocycles. The number of nitrogens with one attached hydrogen (secondary N) is 5. The zero-order valence-corrected chi connectivity index (χ0v) is 34.2. The van der Waals surface area contributed by atoms with Crippen LogP contribution >= 0.6 is 11.6 Å². The number of piperidine rings is 1. The van der Waals surface area contributed by atoms with Crippen LogP contribution in [0.4, 0.5) is 21.9 Å². The van der Waals surface area contributed by atoms with Gasteiger partial charge in [0.15, 0.2) is 0 Å². The van der Waals surface area contributed by atoms with Crippen LogP contribution in [-0.2, 0) is 30.3 Å². The monoisotopic (exact) mass is 853 g/mol. The molecule has 2 aromatic heterocycles. The molecule has 2 fully saturated rings. The maximum atomic E-state index is 13.9. The molecule has 1 atom stereocenters. The van der Waals surface area contributed by atoms with Crippen LogP contribution in [0.25, 0.3) is 16.6 Å². The van der Waals surface area contributed by atoms with Gasteiger partial charge < -0.3 is 45.9 Å². The minimum atomic E-state index is -1.28. The highest BCUT2D eigenvalue weighted by Gasteiger charge is 2.36. The van der Waals surface area contributed by atoms with E-state index in [1.807, 2.05) is 0 Å². The van der Waals surface area contributed by atoms with E-state index in [0.717, 1.165) is 0 Å². The number of benzene rings is 3. The molecule has 61 heavy (non-hydrogen) atoms. The Morgan fingerprint density at radius 3 is 2.28 bits per heavy atom. The Morgan fingerprint density at radius 1 is 0.885 bits per heavy atom. The third-order valence-corrected chi connectivity index (χ3v) is 10.3. The molecule has 20 heteroatoms. The molecule has 2 aliphatic rings. The number of hydrogen-bond acceptors (Lipinski definition) is 11. The number of aliphatic hydroxyl groups excluding tert-OH is 1. The first-order chi connectivity index (χ1) is 29.1. The summed E-state index contributed by atoms with van der Waals surface area (Å²) in [6, 6.07) is 16.2. The van der Waals surface area contributed by atoms with Gasteiger partial charge in [0.25, 0.3) is 0 Å². The summed E-state index contributed by atoms with van der Waals surface area (Å²) < 4.78 is 6.74.